The summed E-state index contributed by atoms with van der Waals surface area (Å²) in [7, 11) is 0. The van der Waals surface area contributed by atoms with E-state index in [0.717, 1.165) is 17.0 Å². The van der Waals surface area contributed by atoms with Gasteiger partial charge in [0.2, 0.25) is 0 Å². The molecule has 0 radical (unpaired) electrons. The number of imidazole rings is 2. The first kappa shape index (κ1) is 19.4. The Hall–Kier alpha value is -3.30. The monoisotopic (exact) mass is 450 g/mol. The third-order valence-electron chi connectivity index (χ3n) is 5.75. The van der Waals surface area contributed by atoms with Crippen LogP contribution in [0.3, 0.4) is 0 Å². The van der Waals surface area contributed by atoms with Crippen molar-refractivity contribution in [2.24, 2.45) is 0 Å². The van der Waals surface area contributed by atoms with Gasteiger partial charge >= 0.3 is 0 Å². The van der Waals surface area contributed by atoms with Crippen molar-refractivity contribution in [2.45, 2.75) is 38.4 Å². The molecule has 1 aliphatic carbocycles. The summed E-state index contributed by atoms with van der Waals surface area (Å²) < 4.78 is 19.8. The van der Waals surface area contributed by atoms with Crippen LogP contribution in [0.5, 0.6) is 0 Å². The number of rotatable bonds is 7. The fourth-order valence-electron chi connectivity index (χ4n) is 3.98. The molecule has 0 bridgehead atoms. The lowest BCUT2D eigenvalue weighted by Gasteiger charge is -2.03. The van der Waals surface area contributed by atoms with Crippen molar-refractivity contribution in [1.29, 1.82) is 0 Å². The molecule has 5 aromatic heterocycles. The summed E-state index contributed by atoms with van der Waals surface area (Å²) in [6.45, 7) is 1.41. The molecule has 32 heavy (non-hydrogen) atoms. The molecule has 1 fully saturated rings. The number of nitrogens with one attached hydrogen (secondary N) is 1. The SMILES string of the molecule is Fc1c(Cl)ccn2cnc(CNCc3cn(Cc4cn5cc(C6CC6)ccc5n4)nn3)c12. The van der Waals surface area contributed by atoms with E-state index in [0.29, 0.717) is 36.8 Å². The fourth-order valence-corrected chi connectivity index (χ4v) is 4.13. The minimum atomic E-state index is -0.467. The minimum absolute atomic E-state index is 0.0814. The van der Waals surface area contributed by atoms with Gasteiger partial charge in [0, 0.05) is 31.7 Å². The van der Waals surface area contributed by atoms with Gasteiger partial charge < -0.3 is 14.1 Å². The Morgan fingerprint density at radius 2 is 1.97 bits per heavy atom. The van der Waals surface area contributed by atoms with Gasteiger partial charge in [0.15, 0.2) is 5.82 Å². The van der Waals surface area contributed by atoms with Crippen LogP contribution in [-0.4, -0.2) is 33.8 Å². The van der Waals surface area contributed by atoms with Crippen molar-refractivity contribution >= 4 is 22.8 Å². The topological polar surface area (TPSA) is 77.3 Å². The smallest absolute Gasteiger partial charge is 0.167 e. The van der Waals surface area contributed by atoms with Crippen LogP contribution in [-0.2, 0) is 19.6 Å². The molecule has 162 valence electrons. The van der Waals surface area contributed by atoms with Crippen LogP contribution in [0, 0.1) is 5.82 Å². The zero-order chi connectivity index (χ0) is 21.7. The van der Waals surface area contributed by atoms with Gasteiger partial charge in [-0.2, -0.15) is 0 Å². The molecule has 0 spiro atoms. The molecule has 6 rings (SSSR count). The molecule has 5 heterocycles. The summed E-state index contributed by atoms with van der Waals surface area (Å²) >= 11 is 5.90. The predicted octanol–water partition coefficient (Wildman–Crippen LogP) is 3.58. The van der Waals surface area contributed by atoms with Gasteiger partial charge in [-0.3, -0.25) is 0 Å². The van der Waals surface area contributed by atoms with Crippen LogP contribution < -0.4 is 5.32 Å². The molecule has 1 aliphatic rings. The number of fused-ring (bicyclic) bond motifs is 2. The summed E-state index contributed by atoms with van der Waals surface area (Å²) in [6, 6.07) is 5.76. The largest absolute Gasteiger partial charge is 0.306 e. The molecule has 1 N–H and O–H groups in total. The molecule has 0 aliphatic heterocycles. The average Bonchev–Trinajstić information content (AvgIpc) is 3.21. The second kappa shape index (κ2) is 7.68. The van der Waals surface area contributed by atoms with E-state index >= 15 is 0 Å². The first-order chi connectivity index (χ1) is 15.6. The van der Waals surface area contributed by atoms with Gasteiger partial charge in [0.1, 0.15) is 11.2 Å². The zero-order valence-electron chi connectivity index (χ0n) is 17.1. The standard InChI is InChI=1S/C22H20ClFN8/c23-18-5-6-30-13-26-19(22(30)21(18)24)8-25-7-16-11-32(29-28-16)12-17-10-31-9-15(14-1-2-14)3-4-20(31)27-17/h3-6,9-11,13-14,25H,1-2,7-8,12H2. The van der Waals surface area contributed by atoms with Crippen molar-refractivity contribution in [3.8, 4) is 0 Å². The quantitative estimate of drug-likeness (QED) is 0.410. The fraction of sp³-hybridized carbons (Fsp3) is 0.273. The Balaban J connectivity index is 1.10. The van der Waals surface area contributed by atoms with E-state index in [1.54, 1.807) is 21.6 Å². The third kappa shape index (κ3) is 3.63. The van der Waals surface area contributed by atoms with E-state index in [2.05, 4.69) is 48.3 Å². The molecule has 8 nitrogen and oxygen atoms in total. The highest BCUT2D eigenvalue weighted by molar-refractivity contribution is 6.31. The van der Waals surface area contributed by atoms with Gasteiger partial charge in [0.25, 0.3) is 0 Å². The number of aromatic nitrogens is 7. The number of halogens is 2. The number of nitrogens with zero attached hydrogens (tertiary/aromatic N) is 7. The summed E-state index contributed by atoms with van der Waals surface area (Å²) in [5.74, 6) is 0.246. The van der Waals surface area contributed by atoms with Gasteiger partial charge in [0.05, 0.1) is 41.2 Å². The lowest BCUT2D eigenvalue weighted by atomic mass is 10.2. The molecular weight excluding hydrogens is 431 g/mol. The van der Waals surface area contributed by atoms with Gasteiger partial charge in [-0.25, -0.2) is 19.0 Å². The number of pyridine rings is 2. The van der Waals surface area contributed by atoms with Crippen LogP contribution in [0.1, 0.15) is 41.4 Å². The van der Waals surface area contributed by atoms with Crippen LogP contribution in [0.25, 0.3) is 11.2 Å². The second-order valence-corrected chi connectivity index (χ2v) is 8.58. The highest BCUT2D eigenvalue weighted by Gasteiger charge is 2.23. The number of hydrogen-bond acceptors (Lipinski definition) is 5. The van der Waals surface area contributed by atoms with Crippen molar-refractivity contribution in [1.82, 2.24) is 39.1 Å². The minimum Gasteiger partial charge on any atom is -0.306 e. The Bertz CT molecular complexity index is 1430. The van der Waals surface area contributed by atoms with Gasteiger partial charge in [-0.05, 0) is 36.5 Å². The maximum absolute atomic E-state index is 14.3. The summed E-state index contributed by atoms with van der Waals surface area (Å²) in [5, 5.41) is 11.8. The molecule has 0 unspecified atom stereocenters. The van der Waals surface area contributed by atoms with Crippen LogP contribution in [0.2, 0.25) is 5.02 Å². The Kier molecular flexibility index (Phi) is 4.65. The Morgan fingerprint density at radius 1 is 1.06 bits per heavy atom. The molecule has 1 saturated carbocycles. The molecule has 5 aromatic rings. The molecule has 0 atom stereocenters. The number of hydrogen-bond donors (Lipinski definition) is 1. The van der Waals surface area contributed by atoms with E-state index in [1.165, 1.54) is 24.5 Å². The maximum Gasteiger partial charge on any atom is 0.167 e. The average molecular weight is 451 g/mol. The van der Waals surface area contributed by atoms with E-state index in [9.17, 15) is 4.39 Å². The Labute approximate surface area is 187 Å². The van der Waals surface area contributed by atoms with Crippen LogP contribution >= 0.6 is 11.6 Å². The molecule has 0 aromatic carbocycles. The molecule has 10 heteroatoms. The molecule has 0 amide bonds. The van der Waals surface area contributed by atoms with Crippen LogP contribution in [0.15, 0.2) is 49.3 Å². The highest BCUT2D eigenvalue weighted by Crippen LogP contribution is 2.39. The summed E-state index contributed by atoms with van der Waals surface area (Å²) in [4.78, 5) is 8.96. The lowest BCUT2D eigenvalue weighted by Crippen LogP contribution is -2.13. The summed E-state index contributed by atoms with van der Waals surface area (Å²) in [6.07, 6.45) is 11.9. The molecular formula is C22H20ClFN8. The van der Waals surface area contributed by atoms with E-state index in [4.69, 9.17) is 11.6 Å². The van der Waals surface area contributed by atoms with Gasteiger partial charge in [-0.15, -0.1) is 5.10 Å². The Morgan fingerprint density at radius 3 is 2.84 bits per heavy atom. The van der Waals surface area contributed by atoms with Crippen molar-refractivity contribution < 1.29 is 4.39 Å². The zero-order valence-corrected chi connectivity index (χ0v) is 17.9. The molecule has 0 saturated heterocycles. The third-order valence-corrected chi connectivity index (χ3v) is 6.04. The van der Waals surface area contributed by atoms with E-state index < -0.39 is 5.82 Å². The lowest BCUT2D eigenvalue weighted by molar-refractivity contribution is 0.627. The predicted molar refractivity (Wildman–Crippen MR) is 117 cm³/mol. The first-order valence-electron chi connectivity index (χ1n) is 10.5. The van der Waals surface area contributed by atoms with Crippen molar-refractivity contribution in [3.05, 3.63) is 82.8 Å². The first-order valence-corrected chi connectivity index (χ1v) is 10.9. The highest BCUT2D eigenvalue weighted by atomic mass is 35.5. The maximum atomic E-state index is 14.3. The van der Waals surface area contributed by atoms with Gasteiger partial charge in [-0.1, -0.05) is 22.9 Å². The van der Waals surface area contributed by atoms with E-state index in [1.807, 2.05) is 12.4 Å². The summed E-state index contributed by atoms with van der Waals surface area (Å²) in [5.41, 5.74) is 5.00. The van der Waals surface area contributed by atoms with E-state index in [-0.39, 0.29) is 5.02 Å². The normalized spacial score (nSPS) is 14.1. The second-order valence-electron chi connectivity index (χ2n) is 8.17. The van der Waals surface area contributed by atoms with Crippen molar-refractivity contribution in [3.63, 3.8) is 0 Å². The van der Waals surface area contributed by atoms with Crippen molar-refractivity contribution in [2.75, 3.05) is 0 Å². The van der Waals surface area contributed by atoms with Crippen LogP contribution in [0.4, 0.5) is 4.39 Å².